The molecule has 0 bridgehead atoms. The number of carbonyl (C=O) groups excluding carboxylic acids is 2. The van der Waals surface area contributed by atoms with Crippen LogP contribution in [0.3, 0.4) is 0 Å². The summed E-state index contributed by atoms with van der Waals surface area (Å²) in [6.45, 7) is 6.40. The van der Waals surface area contributed by atoms with E-state index in [1.807, 2.05) is 11.9 Å². The first kappa shape index (κ1) is 20.6. The lowest BCUT2D eigenvalue weighted by molar-refractivity contribution is -0.135. The fourth-order valence-corrected chi connectivity index (χ4v) is 5.10. The lowest BCUT2D eigenvalue weighted by Crippen LogP contribution is -2.50. The van der Waals surface area contributed by atoms with Gasteiger partial charge in [-0.1, -0.05) is 19.8 Å². The van der Waals surface area contributed by atoms with Crippen LogP contribution >= 0.6 is 0 Å². The molecule has 2 N–H and O–H groups in total. The maximum Gasteiger partial charge on any atom is 0.237 e. The van der Waals surface area contributed by atoms with Gasteiger partial charge in [0, 0.05) is 26.2 Å². The van der Waals surface area contributed by atoms with Crippen LogP contribution < -0.4 is 10.6 Å². The van der Waals surface area contributed by atoms with E-state index in [0.29, 0.717) is 24.4 Å². The normalized spacial score (nSPS) is 32.2. The molecule has 3 rings (SSSR count). The monoisotopic (exact) mass is 378 g/mol. The van der Waals surface area contributed by atoms with Crippen LogP contribution in [0.2, 0.25) is 0 Å². The standard InChI is InChI=1S/C21H38N4O2/c1-16-7-3-4-10-19(16)24(2)20(26)15-25-12-6-8-17(14-25)13-23-21(27)18-9-5-11-22-18/h16-19,22H,3-15H2,1-2H3,(H,23,27). The molecule has 27 heavy (non-hydrogen) atoms. The average molecular weight is 379 g/mol. The molecule has 0 aromatic rings. The predicted octanol–water partition coefficient (Wildman–Crippen LogP) is 1.60. The molecule has 2 heterocycles. The molecular formula is C21H38N4O2. The van der Waals surface area contributed by atoms with Gasteiger partial charge in [0.1, 0.15) is 0 Å². The summed E-state index contributed by atoms with van der Waals surface area (Å²) in [5.74, 6) is 1.47. The largest absolute Gasteiger partial charge is 0.354 e. The van der Waals surface area contributed by atoms with Crippen molar-refractivity contribution < 1.29 is 9.59 Å². The van der Waals surface area contributed by atoms with E-state index in [9.17, 15) is 9.59 Å². The van der Waals surface area contributed by atoms with E-state index in [4.69, 9.17) is 0 Å². The number of carbonyl (C=O) groups is 2. The number of amides is 2. The number of hydrogen-bond donors (Lipinski definition) is 2. The number of likely N-dealkylation sites (N-methyl/N-ethyl adjacent to an activating group) is 1. The van der Waals surface area contributed by atoms with Gasteiger partial charge in [0.25, 0.3) is 0 Å². The third kappa shape index (κ3) is 5.67. The Morgan fingerprint density at radius 1 is 1.11 bits per heavy atom. The smallest absolute Gasteiger partial charge is 0.237 e. The minimum Gasteiger partial charge on any atom is -0.354 e. The SMILES string of the molecule is CC1CCCCC1N(C)C(=O)CN1CCCC(CNC(=O)C2CCCN2)C1. The lowest BCUT2D eigenvalue weighted by atomic mass is 9.85. The Kier molecular flexibility index (Phi) is 7.53. The maximum atomic E-state index is 12.8. The number of piperidine rings is 1. The highest BCUT2D eigenvalue weighted by atomic mass is 16.2. The third-order valence-corrected chi connectivity index (χ3v) is 6.86. The van der Waals surface area contributed by atoms with E-state index in [-0.39, 0.29) is 17.9 Å². The van der Waals surface area contributed by atoms with E-state index in [1.54, 1.807) is 0 Å². The van der Waals surface area contributed by atoms with Crippen molar-refractivity contribution in [3.05, 3.63) is 0 Å². The van der Waals surface area contributed by atoms with Gasteiger partial charge >= 0.3 is 0 Å². The van der Waals surface area contributed by atoms with E-state index >= 15 is 0 Å². The molecule has 1 aliphatic carbocycles. The van der Waals surface area contributed by atoms with Crippen molar-refractivity contribution in [2.45, 2.75) is 70.4 Å². The number of nitrogens with one attached hydrogen (secondary N) is 2. The second-order valence-corrected chi connectivity index (χ2v) is 8.97. The average Bonchev–Trinajstić information content (AvgIpc) is 3.21. The minimum absolute atomic E-state index is 0.00240. The zero-order chi connectivity index (χ0) is 19.2. The highest BCUT2D eigenvalue weighted by molar-refractivity contribution is 5.82. The summed E-state index contributed by atoms with van der Waals surface area (Å²) in [7, 11) is 1.99. The van der Waals surface area contributed by atoms with Gasteiger partial charge in [0.2, 0.25) is 11.8 Å². The summed E-state index contributed by atoms with van der Waals surface area (Å²) >= 11 is 0. The summed E-state index contributed by atoms with van der Waals surface area (Å²) in [5, 5.41) is 6.38. The molecule has 3 fully saturated rings. The molecule has 2 amide bonds. The molecule has 2 aliphatic heterocycles. The molecule has 6 nitrogen and oxygen atoms in total. The summed E-state index contributed by atoms with van der Waals surface area (Å²) in [6, 6.07) is 0.405. The van der Waals surface area contributed by atoms with Gasteiger partial charge in [-0.3, -0.25) is 14.5 Å². The van der Waals surface area contributed by atoms with Crippen molar-refractivity contribution in [3.63, 3.8) is 0 Å². The molecule has 0 spiro atoms. The molecule has 6 heteroatoms. The van der Waals surface area contributed by atoms with Gasteiger partial charge < -0.3 is 15.5 Å². The second-order valence-electron chi connectivity index (χ2n) is 8.97. The van der Waals surface area contributed by atoms with E-state index in [2.05, 4.69) is 22.5 Å². The summed E-state index contributed by atoms with van der Waals surface area (Å²) in [4.78, 5) is 29.3. The first-order valence-electron chi connectivity index (χ1n) is 11.0. The van der Waals surface area contributed by atoms with Crippen LogP contribution in [0.1, 0.15) is 58.3 Å². The Balaban J connectivity index is 1.42. The van der Waals surface area contributed by atoms with E-state index in [1.165, 1.54) is 19.3 Å². The predicted molar refractivity (Wildman–Crippen MR) is 107 cm³/mol. The molecule has 2 saturated heterocycles. The van der Waals surface area contributed by atoms with Crippen molar-refractivity contribution in [2.24, 2.45) is 11.8 Å². The van der Waals surface area contributed by atoms with Crippen LogP contribution in [0.25, 0.3) is 0 Å². The topological polar surface area (TPSA) is 64.7 Å². The molecule has 4 unspecified atom stereocenters. The fourth-order valence-electron chi connectivity index (χ4n) is 5.10. The Morgan fingerprint density at radius 2 is 1.93 bits per heavy atom. The van der Waals surface area contributed by atoms with Crippen molar-refractivity contribution in [1.82, 2.24) is 20.4 Å². The molecule has 3 aliphatic rings. The Hall–Kier alpha value is -1.14. The Bertz CT molecular complexity index is 506. The zero-order valence-corrected chi connectivity index (χ0v) is 17.2. The fraction of sp³-hybridized carbons (Fsp3) is 0.905. The number of nitrogens with zero attached hydrogens (tertiary/aromatic N) is 2. The van der Waals surface area contributed by atoms with Crippen LogP contribution in [0.5, 0.6) is 0 Å². The van der Waals surface area contributed by atoms with Gasteiger partial charge in [0.15, 0.2) is 0 Å². The molecule has 0 radical (unpaired) electrons. The first-order chi connectivity index (χ1) is 13.0. The molecule has 4 atom stereocenters. The molecular weight excluding hydrogens is 340 g/mol. The van der Waals surface area contributed by atoms with Crippen LogP contribution in [-0.2, 0) is 9.59 Å². The molecule has 154 valence electrons. The summed E-state index contributed by atoms with van der Waals surface area (Å²) in [6.07, 6.45) is 9.21. The lowest BCUT2D eigenvalue weighted by Gasteiger charge is -2.38. The van der Waals surface area contributed by atoms with Crippen molar-refractivity contribution >= 4 is 11.8 Å². The van der Waals surface area contributed by atoms with Crippen LogP contribution in [0.15, 0.2) is 0 Å². The highest BCUT2D eigenvalue weighted by Gasteiger charge is 2.30. The van der Waals surface area contributed by atoms with Crippen molar-refractivity contribution in [2.75, 3.05) is 39.8 Å². The van der Waals surface area contributed by atoms with Crippen LogP contribution in [0.4, 0.5) is 0 Å². The Morgan fingerprint density at radius 3 is 2.67 bits per heavy atom. The van der Waals surface area contributed by atoms with Gasteiger partial charge in [-0.25, -0.2) is 0 Å². The number of rotatable bonds is 6. The molecule has 0 aromatic carbocycles. The highest BCUT2D eigenvalue weighted by Crippen LogP contribution is 2.27. The zero-order valence-electron chi connectivity index (χ0n) is 17.2. The van der Waals surface area contributed by atoms with Crippen LogP contribution in [0, 0.1) is 11.8 Å². The summed E-state index contributed by atoms with van der Waals surface area (Å²) < 4.78 is 0. The van der Waals surface area contributed by atoms with Gasteiger partial charge in [0.05, 0.1) is 12.6 Å². The van der Waals surface area contributed by atoms with E-state index < -0.39 is 0 Å². The Labute approximate surface area is 164 Å². The molecule has 1 saturated carbocycles. The van der Waals surface area contributed by atoms with Gasteiger partial charge in [-0.2, -0.15) is 0 Å². The minimum atomic E-state index is -0.00240. The van der Waals surface area contributed by atoms with Gasteiger partial charge in [-0.15, -0.1) is 0 Å². The quantitative estimate of drug-likeness (QED) is 0.737. The molecule has 0 aromatic heterocycles. The van der Waals surface area contributed by atoms with Crippen LogP contribution in [-0.4, -0.2) is 73.5 Å². The first-order valence-corrected chi connectivity index (χ1v) is 11.0. The second kappa shape index (κ2) is 9.87. The van der Waals surface area contributed by atoms with E-state index in [0.717, 1.165) is 58.3 Å². The third-order valence-electron chi connectivity index (χ3n) is 6.86. The maximum absolute atomic E-state index is 12.8. The van der Waals surface area contributed by atoms with Gasteiger partial charge in [-0.05, 0) is 63.5 Å². The van der Waals surface area contributed by atoms with Crippen molar-refractivity contribution in [1.29, 1.82) is 0 Å². The number of likely N-dealkylation sites (tertiary alicyclic amines) is 1. The number of hydrogen-bond acceptors (Lipinski definition) is 4. The van der Waals surface area contributed by atoms with Crippen molar-refractivity contribution in [3.8, 4) is 0 Å². The summed E-state index contributed by atoms with van der Waals surface area (Å²) in [5.41, 5.74) is 0.